The van der Waals surface area contributed by atoms with Gasteiger partial charge in [0.05, 0.1) is 30.4 Å². The molecule has 0 fully saturated rings. The molecule has 1 aliphatic carbocycles. The maximum Gasteiger partial charge on any atom is 0.407 e. The maximum atomic E-state index is 14.1. The first-order valence-corrected chi connectivity index (χ1v) is 19.4. The lowest BCUT2D eigenvalue weighted by atomic mass is 9.84. The number of thioether (sulfide) groups is 1. The van der Waals surface area contributed by atoms with Crippen LogP contribution in [0.3, 0.4) is 0 Å². The van der Waals surface area contributed by atoms with Gasteiger partial charge in [-0.2, -0.15) is 0 Å². The molecule has 284 valence electrons. The molecule has 4 amide bonds. The lowest BCUT2D eigenvalue weighted by Crippen LogP contribution is -2.57. The van der Waals surface area contributed by atoms with Crippen LogP contribution in [0.25, 0.3) is 0 Å². The number of nitrogens with one attached hydrogen (secondary N) is 3. The van der Waals surface area contributed by atoms with Gasteiger partial charge in [0.25, 0.3) is 0 Å². The zero-order valence-electron chi connectivity index (χ0n) is 30.8. The number of urea groups is 1. The van der Waals surface area contributed by atoms with Crippen LogP contribution in [-0.4, -0.2) is 87.9 Å². The first-order chi connectivity index (χ1) is 25.6. The highest BCUT2D eigenvalue weighted by Crippen LogP contribution is 2.37. The van der Waals surface area contributed by atoms with Crippen molar-refractivity contribution in [3.05, 3.63) is 101 Å². The third-order valence-corrected chi connectivity index (χ3v) is 10.7. The fourth-order valence-corrected chi connectivity index (χ4v) is 7.83. The number of amides is 4. The van der Waals surface area contributed by atoms with Crippen LogP contribution in [0, 0.1) is 5.92 Å². The minimum Gasteiger partial charge on any atom is -0.441 e. The summed E-state index contributed by atoms with van der Waals surface area (Å²) in [4.78, 5) is 47.1. The minimum absolute atomic E-state index is 0.116. The number of aliphatic hydroxyl groups is 1. The lowest BCUT2D eigenvalue weighted by molar-refractivity contribution is -0.124. The second-order valence-electron chi connectivity index (χ2n) is 14.3. The number of hydrogen-bond acceptors (Lipinski definition) is 9. The Morgan fingerprint density at radius 2 is 1.70 bits per heavy atom. The Labute approximate surface area is 316 Å². The summed E-state index contributed by atoms with van der Waals surface area (Å²) < 4.78 is 10.4. The van der Waals surface area contributed by atoms with Crippen LogP contribution in [0.1, 0.15) is 62.8 Å². The van der Waals surface area contributed by atoms with E-state index in [2.05, 4.69) is 27.2 Å². The summed E-state index contributed by atoms with van der Waals surface area (Å²) >= 11 is 1.66. The topological polar surface area (TPSA) is 158 Å². The summed E-state index contributed by atoms with van der Waals surface area (Å²) in [6, 6.07) is 18.3. The van der Waals surface area contributed by atoms with E-state index in [1.165, 1.54) is 18.2 Å². The van der Waals surface area contributed by atoms with Crippen molar-refractivity contribution in [1.29, 1.82) is 0 Å². The normalized spacial score (nSPS) is 19.1. The van der Waals surface area contributed by atoms with Gasteiger partial charge in [-0.25, -0.2) is 9.59 Å². The molecule has 1 unspecified atom stereocenters. The highest BCUT2D eigenvalue weighted by molar-refractivity contribution is 8.12. The molecule has 4 N–H and O–H groups in total. The average Bonchev–Trinajstić information content (AvgIpc) is 3.87. The number of nitrogens with zero attached hydrogens (tertiary/aromatic N) is 3. The van der Waals surface area contributed by atoms with Crippen LogP contribution in [0.4, 0.5) is 9.59 Å². The number of hydrogen-bond donors (Lipinski definition) is 4. The molecular weight excluding hydrogens is 693 g/mol. The van der Waals surface area contributed by atoms with E-state index in [0.29, 0.717) is 25.1 Å². The number of alkyl carbamates (subject to hydrolysis) is 1. The molecule has 1 aliphatic heterocycles. The smallest absolute Gasteiger partial charge is 0.407 e. The Balaban J connectivity index is 1.28. The van der Waals surface area contributed by atoms with Gasteiger partial charge in [-0.05, 0) is 67.6 Å². The molecule has 5 rings (SSSR count). The lowest BCUT2D eigenvalue weighted by Gasteiger charge is -2.35. The van der Waals surface area contributed by atoms with Crippen LogP contribution in [0.5, 0.6) is 0 Å². The summed E-state index contributed by atoms with van der Waals surface area (Å²) in [6.07, 6.45) is 7.10. The Kier molecular flexibility index (Phi) is 14.5. The fourth-order valence-electron chi connectivity index (χ4n) is 6.85. The van der Waals surface area contributed by atoms with Crippen LogP contribution in [0.15, 0.2) is 94.1 Å². The van der Waals surface area contributed by atoms with Crippen molar-refractivity contribution in [2.45, 2.75) is 95.2 Å². The minimum atomic E-state index is -1.07. The number of likely N-dealkylation sites (N-methyl/N-ethyl adjacent to an activating group) is 1. The Bertz CT molecular complexity index is 1670. The monoisotopic (exact) mass is 744 g/mol. The summed E-state index contributed by atoms with van der Waals surface area (Å²) in [5.74, 6) is 0.591. The molecule has 0 saturated carbocycles. The maximum absolute atomic E-state index is 14.1. The van der Waals surface area contributed by atoms with Gasteiger partial charge in [-0.3, -0.25) is 9.79 Å². The number of aromatic nitrogens is 1. The Hall–Kier alpha value is -4.62. The van der Waals surface area contributed by atoms with Crippen molar-refractivity contribution in [2.24, 2.45) is 10.9 Å². The van der Waals surface area contributed by atoms with E-state index in [0.717, 1.165) is 36.1 Å². The van der Waals surface area contributed by atoms with E-state index in [1.54, 1.807) is 29.8 Å². The number of benzene rings is 2. The van der Waals surface area contributed by atoms with Crippen molar-refractivity contribution >= 4 is 35.3 Å². The summed E-state index contributed by atoms with van der Waals surface area (Å²) in [5.41, 5.74) is 4.59. The molecular formula is C40H52N6O6S. The largest absolute Gasteiger partial charge is 0.441 e. The number of rotatable bonds is 17. The van der Waals surface area contributed by atoms with E-state index in [1.807, 2.05) is 80.1 Å². The molecule has 5 atom stereocenters. The van der Waals surface area contributed by atoms with Crippen molar-refractivity contribution in [3.8, 4) is 0 Å². The van der Waals surface area contributed by atoms with Gasteiger partial charge in [0.2, 0.25) is 5.91 Å². The van der Waals surface area contributed by atoms with Crippen LogP contribution in [0.2, 0.25) is 0 Å². The standard InChI is InChI=1S/C40H52N6O6S/c1-28(2)36(45-38(49)46(3)25-40(26-53-27-41-40)31-17-11-6-12-18-31)37(48)43-32(21-29-13-7-4-8-14-29)23-35(47)34(22-30-15-9-5-10-16-30)44-39(50)51-24-33-19-20-42-52-33/h4-5,7-10,13-17,19-20,27-28,32,34-36,47H,6,11-12,18,21-26H2,1-3H3,(H,43,48)(H,44,50)(H,45,49)/t32-,34-,35-,36-,40?/m0/s1. The van der Waals surface area contributed by atoms with Crippen molar-refractivity contribution < 1.29 is 28.8 Å². The van der Waals surface area contributed by atoms with E-state index < -0.39 is 35.9 Å². The van der Waals surface area contributed by atoms with Crippen molar-refractivity contribution in [3.63, 3.8) is 0 Å². The van der Waals surface area contributed by atoms with Crippen molar-refractivity contribution in [2.75, 3.05) is 19.3 Å². The molecule has 13 heteroatoms. The Morgan fingerprint density at radius 1 is 0.981 bits per heavy atom. The predicted octanol–water partition coefficient (Wildman–Crippen LogP) is 5.67. The quantitative estimate of drug-likeness (QED) is 0.129. The summed E-state index contributed by atoms with van der Waals surface area (Å²) in [7, 11) is 1.75. The van der Waals surface area contributed by atoms with Gasteiger partial charge in [-0.1, -0.05) is 85.7 Å². The number of carbonyl (C=O) groups excluding carboxylic acids is 3. The molecule has 2 aromatic carbocycles. The Morgan fingerprint density at radius 3 is 2.30 bits per heavy atom. The first kappa shape index (κ1) is 39.6. The predicted molar refractivity (Wildman–Crippen MR) is 206 cm³/mol. The molecule has 0 spiro atoms. The molecule has 1 aromatic heterocycles. The van der Waals surface area contributed by atoms with E-state index in [-0.39, 0.29) is 30.9 Å². The number of allylic oxidation sites excluding steroid dienone is 1. The first-order valence-electron chi connectivity index (χ1n) is 18.4. The molecule has 3 aromatic rings. The SMILES string of the molecule is CC(C)[C@H](NC(=O)N(C)CC1(C2=CCCCC2)CSC=N1)C(=O)N[C@@H](Cc1ccccc1)C[C@H](O)[C@H](Cc1ccccc1)NC(=O)OCc1ccno1. The fraction of sp³-hybridized carbons (Fsp3) is 0.475. The third kappa shape index (κ3) is 11.7. The zero-order valence-corrected chi connectivity index (χ0v) is 31.6. The van der Waals surface area contributed by atoms with Crippen LogP contribution >= 0.6 is 11.8 Å². The highest BCUT2D eigenvalue weighted by Gasteiger charge is 2.39. The molecule has 53 heavy (non-hydrogen) atoms. The highest BCUT2D eigenvalue weighted by atomic mass is 32.2. The molecule has 0 bridgehead atoms. The van der Waals surface area contributed by atoms with Crippen LogP contribution in [-0.2, 0) is 29.0 Å². The van der Waals surface area contributed by atoms with Gasteiger partial charge in [0, 0.05) is 24.9 Å². The van der Waals surface area contributed by atoms with Gasteiger partial charge in [0.1, 0.15) is 11.6 Å². The van der Waals surface area contributed by atoms with Crippen molar-refractivity contribution in [1.82, 2.24) is 26.0 Å². The number of ether oxygens (including phenoxy) is 1. The van der Waals surface area contributed by atoms with Gasteiger partial charge < -0.3 is 35.2 Å². The summed E-state index contributed by atoms with van der Waals surface area (Å²) in [6.45, 7) is 4.08. The van der Waals surface area contributed by atoms with Crippen LogP contribution < -0.4 is 16.0 Å². The molecule has 12 nitrogen and oxygen atoms in total. The van der Waals surface area contributed by atoms with E-state index in [9.17, 15) is 19.5 Å². The molecule has 2 heterocycles. The third-order valence-electron chi connectivity index (χ3n) is 9.76. The number of aliphatic hydroxyl groups excluding tert-OH is 1. The molecule has 0 saturated heterocycles. The second-order valence-corrected chi connectivity index (χ2v) is 15.1. The van der Waals surface area contributed by atoms with E-state index >= 15 is 0 Å². The molecule has 2 aliphatic rings. The molecule has 0 radical (unpaired) electrons. The van der Waals surface area contributed by atoms with E-state index in [4.69, 9.17) is 14.3 Å². The van der Waals surface area contributed by atoms with Gasteiger partial charge >= 0.3 is 12.1 Å². The summed E-state index contributed by atoms with van der Waals surface area (Å²) in [5, 5.41) is 24.3. The second kappa shape index (κ2) is 19.5. The zero-order chi connectivity index (χ0) is 37.6. The van der Waals surface area contributed by atoms with Gasteiger partial charge in [0.15, 0.2) is 12.4 Å². The average molecular weight is 745 g/mol. The van der Waals surface area contributed by atoms with Gasteiger partial charge in [-0.15, -0.1) is 11.8 Å². The number of carbonyl (C=O) groups is 3. The number of aliphatic imine (C=N–C) groups is 1.